The number of rotatable bonds is 3. The Balaban J connectivity index is 2.70. The van der Waals surface area contributed by atoms with E-state index in [0.29, 0.717) is 0 Å². The largest absolute Gasteiger partial charge is 0.394 e. The van der Waals surface area contributed by atoms with Crippen molar-refractivity contribution in [1.82, 2.24) is 4.72 Å². The minimum absolute atomic E-state index is 0.165. The maximum atomic E-state index is 11.9. The molecule has 0 fully saturated rings. The third-order valence-electron chi connectivity index (χ3n) is 2.15. The average Bonchev–Trinajstić information content (AvgIpc) is 2.34. The molecule has 0 spiro atoms. The van der Waals surface area contributed by atoms with Crippen LogP contribution in [0.1, 0.15) is 26.3 Å². The SMILES string of the molecule is CC(C)(C)S(=O)N[C@@H](C#Cc1ccccc1)CO. The lowest BCUT2D eigenvalue weighted by Crippen LogP contribution is -2.40. The van der Waals surface area contributed by atoms with Gasteiger partial charge in [0.05, 0.1) is 22.3 Å². The van der Waals surface area contributed by atoms with Crippen molar-refractivity contribution in [1.29, 1.82) is 0 Å². The van der Waals surface area contributed by atoms with E-state index in [9.17, 15) is 9.32 Å². The molecule has 0 radical (unpaired) electrons. The van der Waals surface area contributed by atoms with Gasteiger partial charge in [-0.1, -0.05) is 30.0 Å². The van der Waals surface area contributed by atoms with Crippen LogP contribution in [-0.4, -0.2) is 26.7 Å². The van der Waals surface area contributed by atoms with Crippen LogP contribution in [-0.2, 0) is 11.0 Å². The predicted molar refractivity (Wildman–Crippen MR) is 75.2 cm³/mol. The molecule has 0 amide bonds. The van der Waals surface area contributed by atoms with Crippen LogP contribution in [0.3, 0.4) is 0 Å². The lowest BCUT2D eigenvalue weighted by Gasteiger charge is -2.20. The number of hydrogen-bond donors (Lipinski definition) is 2. The fourth-order valence-corrected chi connectivity index (χ4v) is 1.86. The molecule has 0 aliphatic carbocycles. The molecule has 0 aromatic heterocycles. The van der Waals surface area contributed by atoms with Crippen LogP contribution < -0.4 is 4.72 Å². The Morgan fingerprint density at radius 3 is 2.44 bits per heavy atom. The third-order valence-corrected chi connectivity index (χ3v) is 3.76. The molecule has 1 aromatic carbocycles. The van der Waals surface area contributed by atoms with Gasteiger partial charge in [0.25, 0.3) is 0 Å². The zero-order chi connectivity index (χ0) is 13.6. The number of aliphatic hydroxyl groups is 1. The topological polar surface area (TPSA) is 49.3 Å². The van der Waals surface area contributed by atoms with E-state index < -0.39 is 17.0 Å². The Bertz CT molecular complexity index is 454. The second kappa shape index (κ2) is 6.69. The molecular weight excluding hydrogens is 246 g/mol. The van der Waals surface area contributed by atoms with Gasteiger partial charge in [-0.05, 0) is 32.9 Å². The summed E-state index contributed by atoms with van der Waals surface area (Å²) in [5.74, 6) is 5.83. The molecule has 3 nitrogen and oxygen atoms in total. The van der Waals surface area contributed by atoms with E-state index >= 15 is 0 Å². The molecule has 0 heterocycles. The predicted octanol–water partition coefficient (Wildman–Crippen LogP) is 1.45. The van der Waals surface area contributed by atoms with Crippen LogP contribution >= 0.6 is 0 Å². The van der Waals surface area contributed by atoms with Gasteiger partial charge in [0, 0.05) is 5.56 Å². The van der Waals surface area contributed by atoms with E-state index in [1.807, 2.05) is 51.1 Å². The molecule has 0 bridgehead atoms. The Kier molecular flexibility index (Phi) is 5.54. The molecule has 4 heteroatoms. The number of aliphatic hydroxyl groups excluding tert-OH is 1. The average molecular weight is 265 g/mol. The van der Waals surface area contributed by atoms with Gasteiger partial charge in [-0.3, -0.25) is 0 Å². The first-order valence-corrected chi connectivity index (χ1v) is 6.94. The first-order chi connectivity index (χ1) is 8.43. The molecule has 0 aliphatic heterocycles. The second-order valence-electron chi connectivity index (χ2n) is 4.87. The minimum Gasteiger partial charge on any atom is -0.394 e. The van der Waals surface area contributed by atoms with Gasteiger partial charge in [-0.2, -0.15) is 0 Å². The highest BCUT2D eigenvalue weighted by Crippen LogP contribution is 2.09. The molecule has 0 aliphatic rings. The monoisotopic (exact) mass is 265 g/mol. The molecule has 0 saturated carbocycles. The molecule has 1 rings (SSSR count). The van der Waals surface area contributed by atoms with Gasteiger partial charge >= 0.3 is 0 Å². The highest BCUT2D eigenvalue weighted by molar-refractivity contribution is 7.84. The van der Waals surface area contributed by atoms with Crippen molar-refractivity contribution < 1.29 is 9.32 Å². The smallest absolute Gasteiger partial charge is 0.104 e. The molecule has 18 heavy (non-hydrogen) atoms. The summed E-state index contributed by atoms with van der Waals surface area (Å²) in [5, 5.41) is 9.22. The summed E-state index contributed by atoms with van der Waals surface area (Å²) in [6.07, 6.45) is 0. The van der Waals surface area contributed by atoms with Crippen LogP contribution in [0.4, 0.5) is 0 Å². The summed E-state index contributed by atoms with van der Waals surface area (Å²) in [6, 6.07) is 9.02. The fraction of sp³-hybridized carbons (Fsp3) is 0.429. The van der Waals surface area contributed by atoms with Crippen molar-refractivity contribution in [3.63, 3.8) is 0 Å². The summed E-state index contributed by atoms with van der Waals surface area (Å²) < 4.78 is 14.3. The van der Waals surface area contributed by atoms with Gasteiger partial charge in [0.2, 0.25) is 0 Å². The van der Waals surface area contributed by atoms with Crippen molar-refractivity contribution in [2.75, 3.05) is 6.61 Å². The van der Waals surface area contributed by atoms with Crippen molar-refractivity contribution in [2.24, 2.45) is 0 Å². The summed E-state index contributed by atoms with van der Waals surface area (Å²) in [6.45, 7) is 5.45. The molecule has 1 aromatic rings. The lowest BCUT2D eigenvalue weighted by molar-refractivity contribution is 0.280. The van der Waals surface area contributed by atoms with Gasteiger partial charge in [0.1, 0.15) is 6.04 Å². The second-order valence-corrected chi connectivity index (χ2v) is 6.87. The Labute approximate surface area is 111 Å². The van der Waals surface area contributed by atoms with Crippen molar-refractivity contribution in [3.8, 4) is 11.8 Å². The highest BCUT2D eigenvalue weighted by Gasteiger charge is 2.21. The van der Waals surface area contributed by atoms with Crippen LogP contribution in [0.5, 0.6) is 0 Å². The lowest BCUT2D eigenvalue weighted by atomic mass is 10.2. The minimum atomic E-state index is -1.24. The molecule has 0 saturated heterocycles. The van der Waals surface area contributed by atoms with E-state index in [2.05, 4.69) is 16.6 Å². The van der Waals surface area contributed by atoms with E-state index in [1.165, 1.54) is 0 Å². The van der Waals surface area contributed by atoms with Crippen molar-refractivity contribution >= 4 is 11.0 Å². The quantitative estimate of drug-likeness (QED) is 0.813. The van der Waals surface area contributed by atoms with Crippen LogP contribution in [0.2, 0.25) is 0 Å². The standard InChI is InChI=1S/C14H19NO2S/c1-14(2,3)18(17)15-13(11-16)10-9-12-7-5-4-6-8-12/h4-8,13,15-16H,11H2,1-3H3/t13-,18?/m0/s1. The molecular formula is C14H19NO2S. The highest BCUT2D eigenvalue weighted by atomic mass is 32.2. The molecule has 2 N–H and O–H groups in total. The van der Waals surface area contributed by atoms with Gasteiger partial charge in [-0.25, -0.2) is 8.93 Å². The van der Waals surface area contributed by atoms with Gasteiger partial charge < -0.3 is 5.11 Å². The molecule has 1 unspecified atom stereocenters. The maximum Gasteiger partial charge on any atom is 0.104 e. The van der Waals surface area contributed by atoms with E-state index in [-0.39, 0.29) is 11.4 Å². The van der Waals surface area contributed by atoms with E-state index in [0.717, 1.165) is 5.56 Å². The summed E-state index contributed by atoms with van der Waals surface area (Å²) >= 11 is 0. The first kappa shape index (κ1) is 14.9. The van der Waals surface area contributed by atoms with E-state index in [1.54, 1.807) is 0 Å². The third kappa shape index (κ3) is 5.01. The zero-order valence-corrected chi connectivity index (χ0v) is 11.8. The molecule has 98 valence electrons. The first-order valence-electron chi connectivity index (χ1n) is 5.79. The van der Waals surface area contributed by atoms with Gasteiger partial charge in [0.15, 0.2) is 0 Å². The summed E-state index contributed by atoms with van der Waals surface area (Å²) in [7, 11) is -1.24. The number of nitrogens with one attached hydrogen (secondary N) is 1. The van der Waals surface area contributed by atoms with Crippen molar-refractivity contribution in [3.05, 3.63) is 35.9 Å². The van der Waals surface area contributed by atoms with Crippen molar-refractivity contribution in [2.45, 2.75) is 31.6 Å². The van der Waals surface area contributed by atoms with Crippen LogP contribution in [0.25, 0.3) is 0 Å². The summed E-state index contributed by atoms with van der Waals surface area (Å²) in [5.41, 5.74) is 0.874. The maximum absolute atomic E-state index is 11.9. The van der Waals surface area contributed by atoms with Crippen LogP contribution in [0, 0.1) is 11.8 Å². The fourth-order valence-electron chi connectivity index (χ4n) is 1.11. The van der Waals surface area contributed by atoms with Crippen LogP contribution in [0.15, 0.2) is 30.3 Å². The Morgan fingerprint density at radius 2 is 1.94 bits per heavy atom. The Morgan fingerprint density at radius 1 is 1.33 bits per heavy atom. The van der Waals surface area contributed by atoms with Gasteiger partial charge in [-0.15, -0.1) is 0 Å². The van der Waals surface area contributed by atoms with E-state index in [4.69, 9.17) is 0 Å². The normalized spacial score (nSPS) is 14.4. The number of benzene rings is 1. The zero-order valence-electron chi connectivity index (χ0n) is 10.9. The summed E-state index contributed by atoms with van der Waals surface area (Å²) in [4.78, 5) is 0. The Hall–Kier alpha value is -1.15. The molecule has 2 atom stereocenters. The number of hydrogen-bond acceptors (Lipinski definition) is 2.